The highest BCUT2D eigenvalue weighted by Gasteiger charge is 2.28. The molecule has 2 rings (SSSR count). The van der Waals surface area contributed by atoms with E-state index in [2.05, 4.69) is 24.7 Å². The Labute approximate surface area is 120 Å². The predicted octanol–water partition coefficient (Wildman–Crippen LogP) is 1.60. The Balaban J connectivity index is 1.91. The van der Waals surface area contributed by atoms with Crippen LogP contribution in [0.4, 0.5) is 5.82 Å². The number of nitrogens with zero attached hydrogens (tertiary/aromatic N) is 2. The maximum Gasteiger partial charge on any atom is 0.145 e. The van der Waals surface area contributed by atoms with Crippen LogP contribution in [0.3, 0.4) is 0 Å². The van der Waals surface area contributed by atoms with Gasteiger partial charge in [-0.05, 0) is 6.04 Å². The minimum Gasteiger partial charge on any atom is -0.391 e. The molecule has 0 radical (unpaired) electrons. The molecular weight excluding hydrogens is 274 g/mol. The summed E-state index contributed by atoms with van der Waals surface area (Å²) in [5.74, 6) is 0.457. The van der Waals surface area contributed by atoms with E-state index in [0.29, 0.717) is 25.6 Å². The predicted molar refractivity (Wildman–Crippen MR) is 80.1 cm³/mol. The van der Waals surface area contributed by atoms with Crippen molar-refractivity contribution in [3.8, 4) is 0 Å². The summed E-state index contributed by atoms with van der Waals surface area (Å²) in [6.45, 7) is 8.45. The first-order valence-corrected chi connectivity index (χ1v) is 10.8. The molecule has 7 heteroatoms. The van der Waals surface area contributed by atoms with Crippen LogP contribution in [0, 0.1) is 0 Å². The fourth-order valence-corrected chi connectivity index (χ4v) is 2.92. The Bertz CT molecular complexity index is 445. The second-order valence-electron chi connectivity index (χ2n) is 6.55. The zero-order valence-corrected chi connectivity index (χ0v) is 13.5. The summed E-state index contributed by atoms with van der Waals surface area (Å²) in [6.07, 6.45) is 0.0350. The molecule has 1 fully saturated rings. The van der Waals surface area contributed by atoms with Crippen LogP contribution in [0.25, 0.3) is 0 Å². The van der Waals surface area contributed by atoms with Gasteiger partial charge in [-0.3, -0.25) is 0 Å². The molecular formula is C13H25N3O3Si. The number of nitrogens with two attached hydrogens (primary N) is 1. The van der Waals surface area contributed by atoms with Crippen LogP contribution >= 0.6 is 0 Å². The van der Waals surface area contributed by atoms with Crippen molar-refractivity contribution in [3.63, 3.8) is 0 Å². The summed E-state index contributed by atoms with van der Waals surface area (Å²) in [5, 5.41) is 13.8. The largest absolute Gasteiger partial charge is 0.391 e. The third-order valence-electron chi connectivity index (χ3n) is 3.35. The average Bonchev–Trinajstić information content (AvgIpc) is 2.90. The first-order chi connectivity index (χ1) is 9.35. The molecule has 0 amide bonds. The van der Waals surface area contributed by atoms with Gasteiger partial charge >= 0.3 is 0 Å². The molecule has 0 aliphatic carbocycles. The number of ether oxygens (including phenoxy) is 2. The Morgan fingerprint density at radius 3 is 2.90 bits per heavy atom. The first kappa shape index (κ1) is 15.5. The minimum absolute atomic E-state index is 0.143. The third-order valence-corrected chi connectivity index (χ3v) is 5.05. The highest BCUT2D eigenvalue weighted by atomic mass is 28.3. The summed E-state index contributed by atoms with van der Waals surface area (Å²) in [6, 6.07) is 2.92. The number of anilines is 1. The highest BCUT2D eigenvalue weighted by molar-refractivity contribution is 6.76. The fourth-order valence-electron chi connectivity index (χ4n) is 2.16. The van der Waals surface area contributed by atoms with E-state index in [1.807, 2.05) is 0 Å². The molecule has 1 aliphatic heterocycles. The van der Waals surface area contributed by atoms with Crippen molar-refractivity contribution in [2.45, 2.75) is 51.0 Å². The van der Waals surface area contributed by atoms with Crippen LogP contribution in [0.15, 0.2) is 6.07 Å². The van der Waals surface area contributed by atoms with Gasteiger partial charge in [-0.2, -0.15) is 5.10 Å². The number of hydrogen-bond donors (Lipinski definition) is 2. The Kier molecular flexibility index (Phi) is 4.85. The Morgan fingerprint density at radius 1 is 1.55 bits per heavy atom. The monoisotopic (exact) mass is 299 g/mol. The lowest BCUT2D eigenvalue weighted by Crippen LogP contribution is -2.22. The summed E-state index contributed by atoms with van der Waals surface area (Å²) in [7, 11) is -1.08. The molecule has 1 aromatic rings. The minimum atomic E-state index is -1.08. The second-order valence-corrected chi connectivity index (χ2v) is 12.2. The van der Waals surface area contributed by atoms with E-state index >= 15 is 0 Å². The van der Waals surface area contributed by atoms with Crippen LogP contribution in [-0.4, -0.2) is 42.3 Å². The number of aliphatic hydroxyl groups excluding tert-OH is 1. The topological polar surface area (TPSA) is 82.5 Å². The first-order valence-electron chi connectivity index (χ1n) is 7.06. The van der Waals surface area contributed by atoms with Crippen LogP contribution in [-0.2, 0) is 16.2 Å². The zero-order chi connectivity index (χ0) is 14.8. The van der Waals surface area contributed by atoms with Crippen molar-refractivity contribution in [1.82, 2.24) is 9.78 Å². The van der Waals surface area contributed by atoms with Crippen molar-refractivity contribution in [2.75, 3.05) is 18.9 Å². The number of nitrogen functional groups attached to an aromatic ring is 1. The molecule has 114 valence electrons. The normalized spacial score (nSPS) is 23.4. The Hall–Kier alpha value is -0.893. The van der Waals surface area contributed by atoms with Crippen LogP contribution in [0.2, 0.25) is 25.7 Å². The molecule has 3 N–H and O–H groups in total. The maximum absolute atomic E-state index is 9.55. The molecule has 1 aliphatic rings. The van der Waals surface area contributed by atoms with Gasteiger partial charge in [-0.25, -0.2) is 4.68 Å². The maximum atomic E-state index is 9.55. The van der Waals surface area contributed by atoms with E-state index in [4.69, 9.17) is 15.2 Å². The number of hydrogen-bond acceptors (Lipinski definition) is 5. The molecule has 0 spiro atoms. The smallest absolute Gasteiger partial charge is 0.145 e. The lowest BCUT2D eigenvalue weighted by molar-refractivity contribution is 0.0561. The van der Waals surface area contributed by atoms with E-state index in [1.165, 1.54) is 0 Å². The van der Waals surface area contributed by atoms with Crippen LogP contribution < -0.4 is 5.73 Å². The van der Waals surface area contributed by atoms with Crippen molar-refractivity contribution in [3.05, 3.63) is 11.8 Å². The molecule has 0 bridgehead atoms. The number of rotatable bonds is 6. The SMILES string of the molecule is C[Si](C)(C)CCOCn1nc(N)cc1C1C[C@@H](O)CO1. The van der Waals surface area contributed by atoms with Crippen LogP contribution in [0.5, 0.6) is 0 Å². The van der Waals surface area contributed by atoms with Gasteiger partial charge in [0.1, 0.15) is 18.7 Å². The van der Waals surface area contributed by atoms with E-state index < -0.39 is 14.2 Å². The summed E-state index contributed by atoms with van der Waals surface area (Å²) < 4.78 is 13.0. The lowest BCUT2D eigenvalue weighted by atomic mass is 10.1. The van der Waals surface area contributed by atoms with Gasteiger partial charge in [0.05, 0.1) is 18.4 Å². The fraction of sp³-hybridized carbons (Fsp3) is 0.769. The van der Waals surface area contributed by atoms with Gasteiger partial charge in [-0.1, -0.05) is 19.6 Å². The molecule has 1 unspecified atom stereocenters. The molecule has 0 saturated carbocycles. The third kappa shape index (κ3) is 4.31. The number of aliphatic hydroxyl groups is 1. The Morgan fingerprint density at radius 2 is 2.30 bits per heavy atom. The van der Waals surface area contributed by atoms with Gasteiger partial charge < -0.3 is 20.3 Å². The van der Waals surface area contributed by atoms with Crippen molar-refractivity contribution >= 4 is 13.9 Å². The number of aromatic nitrogens is 2. The van der Waals surface area contributed by atoms with Gasteiger partial charge in [-0.15, -0.1) is 0 Å². The molecule has 1 saturated heterocycles. The van der Waals surface area contributed by atoms with Crippen molar-refractivity contribution < 1.29 is 14.6 Å². The standard InChI is InChI=1S/C13H25N3O3Si/c1-20(2,3)5-4-18-9-16-11(7-13(14)15-16)12-6-10(17)8-19-12/h7,10,12,17H,4-6,8-9H2,1-3H3,(H2,14,15)/t10-,12?/m1/s1. The molecule has 20 heavy (non-hydrogen) atoms. The molecule has 1 aromatic heterocycles. The van der Waals surface area contributed by atoms with Crippen molar-refractivity contribution in [1.29, 1.82) is 0 Å². The molecule has 2 atom stereocenters. The summed E-state index contributed by atoms with van der Waals surface area (Å²) in [5.41, 5.74) is 6.64. The summed E-state index contributed by atoms with van der Waals surface area (Å²) >= 11 is 0. The molecule has 6 nitrogen and oxygen atoms in total. The molecule has 2 heterocycles. The van der Waals surface area contributed by atoms with Crippen molar-refractivity contribution in [2.24, 2.45) is 0 Å². The van der Waals surface area contributed by atoms with Gasteiger partial charge in [0.15, 0.2) is 0 Å². The second kappa shape index (κ2) is 6.25. The highest BCUT2D eigenvalue weighted by Crippen LogP contribution is 2.29. The van der Waals surface area contributed by atoms with Gasteiger partial charge in [0.25, 0.3) is 0 Å². The quantitative estimate of drug-likeness (QED) is 0.616. The van der Waals surface area contributed by atoms with Gasteiger partial charge in [0.2, 0.25) is 0 Å². The van der Waals surface area contributed by atoms with Gasteiger partial charge in [0, 0.05) is 27.2 Å². The van der Waals surface area contributed by atoms with E-state index in [1.54, 1.807) is 10.7 Å². The average molecular weight is 299 g/mol. The summed E-state index contributed by atoms with van der Waals surface area (Å²) in [4.78, 5) is 0. The molecule has 0 aromatic carbocycles. The van der Waals surface area contributed by atoms with E-state index in [9.17, 15) is 5.11 Å². The van der Waals surface area contributed by atoms with E-state index in [-0.39, 0.29) is 6.10 Å². The van der Waals surface area contributed by atoms with Crippen LogP contribution in [0.1, 0.15) is 18.2 Å². The lowest BCUT2D eigenvalue weighted by Gasteiger charge is -2.16. The van der Waals surface area contributed by atoms with E-state index in [0.717, 1.165) is 18.3 Å². The zero-order valence-electron chi connectivity index (χ0n) is 12.5.